The Balaban J connectivity index is 2.08. The van der Waals surface area contributed by atoms with Crippen LogP contribution in [0.2, 0.25) is 0 Å². The van der Waals surface area contributed by atoms with Crippen molar-refractivity contribution in [2.45, 2.75) is 25.2 Å². The Hall–Kier alpha value is -1.93. The van der Waals surface area contributed by atoms with Gasteiger partial charge in [0.05, 0.1) is 12.3 Å². The Kier molecular flexibility index (Phi) is 2.53. The topological polar surface area (TPSA) is 122 Å². The van der Waals surface area contributed by atoms with Gasteiger partial charge in [-0.05, 0) is 12.8 Å². The van der Waals surface area contributed by atoms with E-state index in [2.05, 4.69) is 9.97 Å². The van der Waals surface area contributed by atoms with Gasteiger partial charge >= 0.3 is 5.76 Å². The SMILES string of the molecule is NC[C@@H]1CC[C@H](n2c(=O)oc3cnc(N)nc32)O1. The normalized spacial score (nSPS) is 23.8. The maximum absolute atomic E-state index is 11.8. The molecule has 0 bridgehead atoms. The third-order valence-corrected chi connectivity index (χ3v) is 3.01. The number of fused-ring (bicyclic) bond motifs is 1. The molecular weight excluding hydrogens is 238 g/mol. The molecular formula is C10H13N5O3. The lowest BCUT2D eigenvalue weighted by Gasteiger charge is -2.12. The average Bonchev–Trinajstić information content (AvgIpc) is 2.92. The second-order valence-corrected chi connectivity index (χ2v) is 4.18. The van der Waals surface area contributed by atoms with Crippen molar-refractivity contribution in [3.05, 3.63) is 16.7 Å². The molecule has 0 saturated carbocycles. The minimum atomic E-state index is -0.521. The number of ether oxygens (including phenoxy) is 1. The van der Waals surface area contributed by atoms with Gasteiger partial charge in [-0.2, -0.15) is 4.98 Å². The fourth-order valence-electron chi connectivity index (χ4n) is 2.15. The molecule has 0 spiro atoms. The van der Waals surface area contributed by atoms with Gasteiger partial charge in [0.25, 0.3) is 0 Å². The molecule has 0 radical (unpaired) electrons. The van der Waals surface area contributed by atoms with Crippen LogP contribution in [0.1, 0.15) is 19.1 Å². The number of nitrogens with two attached hydrogens (primary N) is 2. The lowest BCUT2D eigenvalue weighted by molar-refractivity contribution is 0.00490. The summed E-state index contributed by atoms with van der Waals surface area (Å²) in [6, 6.07) is 0. The molecule has 1 aliphatic rings. The number of rotatable bonds is 2. The molecule has 0 unspecified atom stereocenters. The van der Waals surface area contributed by atoms with Crippen LogP contribution in [-0.2, 0) is 4.74 Å². The number of hydrogen-bond acceptors (Lipinski definition) is 7. The predicted molar refractivity (Wildman–Crippen MR) is 62.7 cm³/mol. The van der Waals surface area contributed by atoms with Crippen molar-refractivity contribution in [2.24, 2.45) is 5.73 Å². The second-order valence-electron chi connectivity index (χ2n) is 4.18. The molecule has 4 N–H and O–H groups in total. The van der Waals surface area contributed by atoms with E-state index >= 15 is 0 Å². The molecule has 1 fully saturated rings. The van der Waals surface area contributed by atoms with Crippen LogP contribution in [0.25, 0.3) is 11.2 Å². The van der Waals surface area contributed by atoms with Crippen molar-refractivity contribution in [3.8, 4) is 0 Å². The lowest BCUT2D eigenvalue weighted by atomic mass is 10.2. The molecule has 0 amide bonds. The van der Waals surface area contributed by atoms with Crippen LogP contribution >= 0.6 is 0 Å². The zero-order chi connectivity index (χ0) is 12.7. The summed E-state index contributed by atoms with van der Waals surface area (Å²) in [6.45, 7) is 0.429. The molecule has 1 aliphatic heterocycles. The first-order valence-electron chi connectivity index (χ1n) is 5.68. The minimum absolute atomic E-state index is 0.0361. The Morgan fingerprint density at radius 3 is 3.06 bits per heavy atom. The lowest BCUT2D eigenvalue weighted by Crippen LogP contribution is -2.24. The van der Waals surface area contributed by atoms with Gasteiger partial charge in [0.1, 0.15) is 6.23 Å². The second kappa shape index (κ2) is 4.07. The van der Waals surface area contributed by atoms with E-state index in [0.29, 0.717) is 24.2 Å². The summed E-state index contributed by atoms with van der Waals surface area (Å²) >= 11 is 0. The van der Waals surface area contributed by atoms with E-state index in [9.17, 15) is 4.79 Å². The van der Waals surface area contributed by atoms with Crippen molar-refractivity contribution >= 4 is 17.2 Å². The largest absolute Gasteiger partial charge is 0.423 e. The number of nitrogen functional groups attached to an aromatic ring is 1. The van der Waals surface area contributed by atoms with Crippen LogP contribution < -0.4 is 17.2 Å². The Morgan fingerprint density at radius 2 is 2.33 bits per heavy atom. The Labute approximate surface area is 102 Å². The van der Waals surface area contributed by atoms with Gasteiger partial charge in [-0.15, -0.1) is 0 Å². The fraction of sp³-hybridized carbons (Fsp3) is 0.500. The first-order valence-corrected chi connectivity index (χ1v) is 5.68. The van der Waals surface area contributed by atoms with Gasteiger partial charge in [-0.1, -0.05) is 0 Å². The number of nitrogens with zero attached hydrogens (tertiary/aromatic N) is 3. The highest BCUT2D eigenvalue weighted by atomic mass is 16.5. The van der Waals surface area contributed by atoms with E-state index in [1.807, 2.05) is 0 Å². The first-order chi connectivity index (χ1) is 8.69. The summed E-state index contributed by atoms with van der Waals surface area (Å²) in [5.41, 5.74) is 11.7. The molecule has 0 aliphatic carbocycles. The van der Waals surface area contributed by atoms with Gasteiger partial charge in [-0.25, -0.2) is 14.3 Å². The van der Waals surface area contributed by atoms with Crippen molar-refractivity contribution in [2.75, 3.05) is 12.3 Å². The minimum Gasteiger partial charge on any atom is -0.404 e. The zero-order valence-electron chi connectivity index (χ0n) is 9.57. The maximum atomic E-state index is 11.8. The van der Waals surface area contributed by atoms with Gasteiger partial charge in [0.2, 0.25) is 5.95 Å². The van der Waals surface area contributed by atoms with Gasteiger partial charge in [-0.3, -0.25) is 0 Å². The van der Waals surface area contributed by atoms with E-state index < -0.39 is 12.0 Å². The quantitative estimate of drug-likeness (QED) is 0.744. The molecule has 3 rings (SSSR count). The van der Waals surface area contributed by atoms with Gasteiger partial charge < -0.3 is 20.6 Å². The fourth-order valence-corrected chi connectivity index (χ4v) is 2.15. The summed E-state index contributed by atoms with van der Waals surface area (Å²) < 4.78 is 12.1. The number of aromatic nitrogens is 3. The molecule has 3 heterocycles. The number of anilines is 1. The highest BCUT2D eigenvalue weighted by molar-refractivity contribution is 5.68. The maximum Gasteiger partial charge on any atom is 0.423 e. The van der Waals surface area contributed by atoms with Crippen molar-refractivity contribution in [3.63, 3.8) is 0 Å². The standard InChI is InChI=1S/C10H13N5O3/c11-3-5-1-2-7(17-5)15-8-6(18-10(15)16)4-13-9(12)14-8/h4-5,7H,1-3,11H2,(H2,12,13,14)/t5-,7+/m0/s1. The molecule has 96 valence electrons. The molecule has 0 aromatic carbocycles. The average molecular weight is 251 g/mol. The molecule has 1 saturated heterocycles. The highest BCUT2D eigenvalue weighted by Gasteiger charge is 2.29. The van der Waals surface area contributed by atoms with E-state index in [1.54, 1.807) is 0 Å². The Morgan fingerprint density at radius 1 is 1.50 bits per heavy atom. The summed E-state index contributed by atoms with van der Waals surface area (Å²) in [5.74, 6) is -0.432. The summed E-state index contributed by atoms with van der Waals surface area (Å²) in [6.07, 6.45) is 2.44. The number of hydrogen-bond donors (Lipinski definition) is 2. The highest BCUT2D eigenvalue weighted by Crippen LogP contribution is 2.28. The molecule has 2 aromatic rings. The number of oxazole rings is 1. The van der Waals surface area contributed by atoms with Crippen LogP contribution in [0, 0.1) is 0 Å². The Bertz CT molecular complexity index is 634. The van der Waals surface area contributed by atoms with Crippen LogP contribution in [-0.4, -0.2) is 27.2 Å². The summed E-state index contributed by atoms with van der Waals surface area (Å²) in [5, 5.41) is 0. The summed E-state index contributed by atoms with van der Waals surface area (Å²) in [4.78, 5) is 19.6. The van der Waals surface area contributed by atoms with Crippen molar-refractivity contribution < 1.29 is 9.15 Å². The molecule has 8 nitrogen and oxygen atoms in total. The predicted octanol–water partition coefficient (Wildman–Crippen LogP) is -0.397. The van der Waals surface area contributed by atoms with Crippen LogP contribution in [0.15, 0.2) is 15.4 Å². The van der Waals surface area contributed by atoms with Crippen molar-refractivity contribution in [1.29, 1.82) is 0 Å². The molecule has 8 heteroatoms. The smallest absolute Gasteiger partial charge is 0.404 e. The van der Waals surface area contributed by atoms with E-state index in [-0.39, 0.29) is 12.1 Å². The van der Waals surface area contributed by atoms with E-state index in [4.69, 9.17) is 20.6 Å². The van der Waals surface area contributed by atoms with E-state index in [1.165, 1.54) is 10.8 Å². The first kappa shape index (κ1) is 11.2. The monoisotopic (exact) mass is 251 g/mol. The van der Waals surface area contributed by atoms with Gasteiger partial charge in [0, 0.05) is 6.54 Å². The van der Waals surface area contributed by atoms with Gasteiger partial charge in [0.15, 0.2) is 11.2 Å². The molecule has 2 atom stereocenters. The van der Waals surface area contributed by atoms with Crippen molar-refractivity contribution in [1.82, 2.24) is 14.5 Å². The van der Waals surface area contributed by atoms with Crippen LogP contribution in [0.4, 0.5) is 5.95 Å². The van der Waals surface area contributed by atoms with Crippen LogP contribution in [0.3, 0.4) is 0 Å². The van der Waals surface area contributed by atoms with E-state index in [0.717, 1.165) is 6.42 Å². The third kappa shape index (κ3) is 1.66. The summed E-state index contributed by atoms with van der Waals surface area (Å²) in [7, 11) is 0. The van der Waals surface area contributed by atoms with Crippen LogP contribution in [0.5, 0.6) is 0 Å². The third-order valence-electron chi connectivity index (χ3n) is 3.01. The molecule has 18 heavy (non-hydrogen) atoms. The molecule has 2 aromatic heterocycles. The zero-order valence-corrected chi connectivity index (χ0v) is 9.57.